The maximum absolute atomic E-state index is 11.5. The van der Waals surface area contributed by atoms with Gasteiger partial charge in [0.1, 0.15) is 6.04 Å². The monoisotopic (exact) mass is 289 g/mol. The number of amides is 1. The number of nitrogens with two attached hydrogens (primary N) is 1. The summed E-state index contributed by atoms with van der Waals surface area (Å²) in [7, 11) is 1.40. The van der Waals surface area contributed by atoms with Crippen LogP contribution in [0.5, 0.6) is 0 Å². The lowest BCUT2D eigenvalue weighted by atomic mass is 10.1. The third-order valence-corrected chi connectivity index (χ3v) is 2.99. The van der Waals surface area contributed by atoms with Crippen LogP contribution in [-0.4, -0.2) is 41.7 Å². The van der Waals surface area contributed by atoms with Crippen LogP contribution in [-0.2, 0) is 9.53 Å². The number of carboxylic acids is 1. The summed E-state index contributed by atoms with van der Waals surface area (Å²) in [6.07, 6.45) is 1.33. The van der Waals surface area contributed by atoms with Crippen molar-refractivity contribution < 1.29 is 19.4 Å². The van der Waals surface area contributed by atoms with Crippen LogP contribution >= 0.6 is 0 Å². The Morgan fingerprint density at radius 3 is 2.76 bits per heavy atom. The smallest absolute Gasteiger partial charge is 0.328 e. The van der Waals surface area contributed by atoms with Gasteiger partial charge in [-0.3, -0.25) is 9.78 Å². The normalized spacial score (nSPS) is 12.0. The second-order valence-electron chi connectivity index (χ2n) is 4.42. The molecule has 1 amide bonds. The lowest BCUT2D eigenvalue weighted by molar-refractivity contribution is -0.139. The number of benzene rings is 1. The maximum atomic E-state index is 11.5. The largest absolute Gasteiger partial charge is 0.480 e. The Labute approximate surface area is 120 Å². The minimum atomic E-state index is -1.09. The summed E-state index contributed by atoms with van der Waals surface area (Å²) in [5, 5.41) is 12.6. The van der Waals surface area contributed by atoms with Crippen molar-refractivity contribution in [2.45, 2.75) is 6.04 Å². The topological polar surface area (TPSA) is 115 Å². The van der Waals surface area contributed by atoms with E-state index in [1.54, 1.807) is 24.3 Å². The number of carbonyl (C=O) groups excluding carboxylic acids is 1. The highest BCUT2D eigenvalue weighted by Crippen LogP contribution is 2.26. The summed E-state index contributed by atoms with van der Waals surface area (Å²) >= 11 is 0. The van der Waals surface area contributed by atoms with Crippen LogP contribution in [0.25, 0.3) is 10.9 Å². The van der Waals surface area contributed by atoms with Gasteiger partial charge in [-0.2, -0.15) is 0 Å². The molecule has 0 spiro atoms. The number of rotatable bonds is 6. The van der Waals surface area contributed by atoms with Crippen molar-refractivity contribution in [2.24, 2.45) is 5.73 Å². The van der Waals surface area contributed by atoms with Gasteiger partial charge in [0.05, 0.1) is 23.4 Å². The maximum Gasteiger partial charge on any atom is 0.328 e. The molecule has 0 aliphatic carbocycles. The number of fused-ring (bicyclic) bond motifs is 1. The van der Waals surface area contributed by atoms with E-state index < -0.39 is 17.9 Å². The van der Waals surface area contributed by atoms with Crippen LogP contribution in [0, 0.1) is 0 Å². The molecule has 2 aromatic rings. The molecule has 1 heterocycles. The lowest BCUT2D eigenvalue weighted by Crippen LogP contribution is -2.34. The summed E-state index contributed by atoms with van der Waals surface area (Å²) in [5.74, 6) is -1.77. The fourth-order valence-electron chi connectivity index (χ4n) is 2.00. The van der Waals surface area contributed by atoms with Gasteiger partial charge in [0.15, 0.2) is 0 Å². The van der Waals surface area contributed by atoms with Gasteiger partial charge in [-0.1, -0.05) is 18.2 Å². The molecular weight excluding hydrogens is 274 g/mol. The third kappa shape index (κ3) is 3.09. The van der Waals surface area contributed by atoms with Crippen molar-refractivity contribution >= 4 is 28.5 Å². The predicted molar refractivity (Wildman–Crippen MR) is 77.2 cm³/mol. The first-order chi connectivity index (χ1) is 10.0. The fourth-order valence-corrected chi connectivity index (χ4v) is 2.00. The Kier molecular flexibility index (Phi) is 4.34. The number of nitrogens with zero attached hydrogens (tertiary/aromatic N) is 1. The van der Waals surface area contributed by atoms with Crippen LogP contribution in [0.1, 0.15) is 10.4 Å². The van der Waals surface area contributed by atoms with Crippen LogP contribution < -0.4 is 11.1 Å². The van der Waals surface area contributed by atoms with Gasteiger partial charge in [-0.15, -0.1) is 0 Å². The van der Waals surface area contributed by atoms with Gasteiger partial charge < -0.3 is 20.9 Å². The van der Waals surface area contributed by atoms with E-state index in [0.29, 0.717) is 16.6 Å². The molecule has 0 aliphatic heterocycles. The van der Waals surface area contributed by atoms with Gasteiger partial charge in [0.25, 0.3) is 5.91 Å². The van der Waals surface area contributed by atoms with Gasteiger partial charge in [-0.25, -0.2) is 4.79 Å². The molecule has 2 rings (SSSR count). The summed E-state index contributed by atoms with van der Waals surface area (Å²) in [6, 6.07) is 6.07. The van der Waals surface area contributed by atoms with E-state index in [-0.39, 0.29) is 12.2 Å². The summed E-state index contributed by atoms with van der Waals surface area (Å²) < 4.78 is 4.87. The molecule has 0 fully saturated rings. The van der Waals surface area contributed by atoms with E-state index in [1.165, 1.54) is 13.3 Å². The summed E-state index contributed by atoms with van der Waals surface area (Å²) in [4.78, 5) is 26.9. The molecule has 21 heavy (non-hydrogen) atoms. The van der Waals surface area contributed by atoms with E-state index in [4.69, 9.17) is 10.5 Å². The molecule has 0 aliphatic rings. The highest BCUT2D eigenvalue weighted by atomic mass is 16.5. The summed E-state index contributed by atoms with van der Waals surface area (Å²) in [6.45, 7) is -0.0514. The number of para-hydroxylation sites is 1. The Morgan fingerprint density at radius 2 is 2.14 bits per heavy atom. The molecular formula is C14H15N3O4. The number of nitrogens with one attached hydrogen (secondary N) is 1. The highest BCUT2D eigenvalue weighted by Gasteiger charge is 2.21. The molecule has 1 unspecified atom stereocenters. The second-order valence-corrected chi connectivity index (χ2v) is 4.42. The number of aliphatic carboxylic acids is 1. The molecule has 7 nitrogen and oxygen atoms in total. The standard InChI is InChI=1S/C14H15N3O4/c1-21-7-11(14(19)20)17-12-8-4-2-3-5-10(8)16-6-9(12)13(15)18/h2-6,11H,7H2,1H3,(H2,15,18)(H,16,17)(H,19,20). The van der Waals surface area contributed by atoms with Crippen molar-refractivity contribution in [3.63, 3.8) is 0 Å². The number of hydrogen-bond donors (Lipinski definition) is 3. The van der Waals surface area contributed by atoms with Crippen molar-refractivity contribution in [3.8, 4) is 0 Å². The van der Waals surface area contributed by atoms with E-state index in [0.717, 1.165) is 0 Å². The second kappa shape index (κ2) is 6.19. The zero-order chi connectivity index (χ0) is 15.4. The third-order valence-electron chi connectivity index (χ3n) is 2.99. The zero-order valence-electron chi connectivity index (χ0n) is 11.4. The number of primary amides is 1. The Balaban J connectivity index is 2.55. The van der Waals surface area contributed by atoms with E-state index in [9.17, 15) is 14.7 Å². The fraction of sp³-hybridized carbons (Fsp3) is 0.214. The van der Waals surface area contributed by atoms with Crippen LogP contribution in [0.3, 0.4) is 0 Å². The van der Waals surface area contributed by atoms with Crippen molar-refractivity contribution in [1.82, 2.24) is 4.98 Å². The first-order valence-corrected chi connectivity index (χ1v) is 6.20. The number of hydrogen-bond acceptors (Lipinski definition) is 5. The first-order valence-electron chi connectivity index (χ1n) is 6.20. The van der Waals surface area contributed by atoms with E-state index in [2.05, 4.69) is 10.3 Å². The lowest BCUT2D eigenvalue weighted by Gasteiger charge is -2.18. The Hall–Kier alpha value is -2.67. The number of pyridine rings is 1. The molecule has 0 saturated carbocycles. The molecule has 1 atom stereocenters. The quantitative estimate of drug-likeness (QED) is 0.726. The average Bonchev–Trinajstić information content (AvgIpc) is 2.46. The van der Waals surface area contributed by atoms with Gasteiger partial charge in [0, 0.05) is 18.7 Å². The SMILES string of the molecule is COCC(Nc1c(C(N)=O)cnc2ccccc12)C(=O)O. The van der Waals surface area contributed by atoms with Crippen LogP contribution in [0.2, 0.25) is 0 Å². The Morgan fingerprint density at radius 1 is 1.43 bits per heavy atom. The van der Waals surface area contributed by atoms with E-state index in [1.807, 2.05) is 0 Å². The molecule has 1 aromatic heterocycles. The number of ether oxygens (including phenoxy) is 1. The van der Waals surface area contributed by atoms with Crippen molar-refractivity contribution in [3.05, 3.63) is 36.0 Å². The number of carbonyl (C=O) groups is 2. The minimum absolute atomic E-state index is 0.0514. The number of aromatic nitrogens is 1. The number of anilines is 1. The minimum Gasteiger partial charge on any atom is -0.480 e. The number of methoxy groups -OCH3 is 1. The van der Waals surface area contributed by atoms with Crippen LogP contribution in [0.4, 0.5) is 5.69 Å². The van der Waals surface area contributed by atoms with E-state index >= 15 is 0 Å². The molecule has 0 saturated heterocycles. The predicted octanol–water partition coefficient (Wildman–Crippen LogP) is 0.845. The molecule has 0 radical (unpaired) electrons. The van der Waals surface area contributed by atoms with Gasteiger partial charge in [-0.05, 0) is 6.07 Å². The Bertz CT molecular complexity index is 687. The number of carboxylic acid groups (broad SMARTS) is 1. The van der Waals surface area contributed by atoms with Crippen LogP contribution in [0.15, 0.2) is 30.5 Å². The van der Waals surface area contributed by atoms with Gasteiger partial charge >= 0.3 is 5.97 Å². The average molecular weight is 289 g/mol. The van der Waals surface area contributed by atoms with Crippen molar-refractivity contribution in [1.29, 1.82) is 0 Å². The highest BCUT2D eigenvalue weighted by molar-refractivity contribution is 6.07. The first kappa shape index (κ1) is 14.7. The molecule has 1 aromatic carbocycles. The van der Waals surface area contributed by atoms with Gasteiger partial charge in [0.2, 0.25) is 0 Å². The van der Waals surface area contributed by atoms with Crippen molar-refractivity contribution in [2.75, 3.05) is 19.0 Å². The molecule has 4 N–H and O–H groups in total. The molecule has 110 valence electrons. The molecule has 7 heteroatoms. The molecule has 0 bridgehead atoms. The summed E-state index contributed by atoms with van der Waals surface area (Å²) in [5.41, 5.74) is 6.45. The zero-order valence-corrected chi connectivity index (χ0v) is 11.4.